The molecule has 0 saturated heterocycles. The Morgan fingerprint density at radius 1 is 1.19 bits per heavy atom. The molecule has 3 aromatic heterocycles. The van der Waals surface area contributed by atoms with Crippen molar-refractivity contribution < 1.29 is 0 Å². The minimum atomic E-state index is 0.137. The maximum absolute atomic E-state index is 9.09. The zero-order valence-electron chi connectivity index (χ0n) is 10.8. The van der Waals surface area contributed by atoms with E-state index in [2.05, 4.69) is 15.0 Å². The molecule has 0 spiro atoms. The Balaban J connectivity index is 1.88. The summed E-state index contributed by atoms with van der Waals surface area (Å²) < 4.78 is 1.62. The summed E-state index contributed by atoms with van der Waals surface area (Å²) in [6.07, 6.45) is 3.20. The van der Waals surface area contributed by atoms with Crippen LogP contribution in [-0.4, -0.2) is 19.5 Å². The average molecular weight is 292 g/mol. The van der Waals surface area contributed by atoms with Gasteiger partial charge in [-0.25, -0.2) is 9.97 Å². The van der Waals surface area contributed by atoms with E-state index in [1.807, 2.05) is 35.7 Å². The molecule has 7 heteroatoms. The van der Waals surface area contributed by atoms with Gasteiger partial charge in [-0.15, -0.1) is 11.3 Å². The maximum atomic E-state index is 9.09. The summed E-state index contributed by atoms with van der Waals surface area (Å²) >= 11 is 1.49. The summed E-state index contributed by atoms with van der Waals surface area (Å²) in [5.74, 6) is 0. The van der Waals surface area contributed by atoms with Gasteiger partial charge in [0.05, 0.1) is 24.3 Å². The van der Waals surface area contributed by atoms with Crippen LogP contribution in [0, 0.1) is 22.7 Å². The van der Waals surface area contributed by atoms with Crippen molar-refractivity contribution >= 4 is 11.3 Å². The number of hydrogen-bond donors (Lipinski definition) is 0. The SMILES string of the molecule is N#Cc1ncn(Cc2csc(-c3ccccn3)n2)c1C#N. The molecular weight excluding hydrogens is 284 g/mol. The predicted octanol–water partition coefficient (Wildman–Crippen LogP) is 2.19. The minimum Gasteiger partial charge on any atom is -0.315 e. The summed E-state index contributed by atoms with van der Waals surface area (Å²) in [6, 6.07) is 9.56. The predicted molar refractivity (Wildman–Crippen MR) is 76.1 cm³/mol. The first-order chi connectivity index (χ1) is 10.3. The van der Waals surface area contributed by atoms with Gasteiger partial charge < -0.3 is 4.57 Å². The molecule has 0 saturated carbocycles. The highest BCUT2D eigenvalue weighted by atomic mass is 32.1. The largest absolute Gasteiger partial charge is 0.315 e. The summed E-state index contributed by atoms with van der Waals surface area (Å²) in [5, 5.41) is 20.7. The fraction of sp³-hybridized carbons (Fsp3) is 0.0714. The number of hydrogen-bond acceptors (Lipinski definition) is 6. The molecule has 3 heterocycles. The van der Waals surface area contributed by atoms with Crippen LogP contribution >= 0.6 is 11.3 Å². The number of nitrogens with zero attached hydrogens (tertiary/aromatic N) is 6. The lowest BCUT2D eigenvalue weighted by Gasteiger charge is -1.99. The standard InChI is InChI=1S/C14H8N6S/c15-5-12-13(6-16)20(9-18-12)7-10-8-21-14(19-10)11-3-1-2-4-17-11/h1-4,8-9H,7H2. The Morgan fingerprint density at radius 2 is 2.10 bits per heavy atom. The second-order valence-electron chi connectivity index (χ2n) is 4.15. The fourth-order valence-corrected chi connectivity index (χ4v) is 2.65. The summed E-state index contributed by atoms with van der Waals surface area (Å²) in [7, 11) is 0. The molecule has 0 aromatic carbocycles. The Labute approximate surface area is 124 Å². The van der Waals surface area contributed by atoms with Crippen LogP contribution in [0.1, 0.15) is 17.1 Å². The third kappa shape index (κ3) is 2.50. The normalized spacial score (nSPS) is 10.0. The molecule has 0 bridgehead atoms. The van der Waals surface area contributed by atoms with Crippen molar-refractivity contribution in [1.29, 1.82) is 10.5 Å². The smallest absolute Gasteiger partial charge is 0.176 e. The Kier molecular flexibility index (Phi) is 3.42. The van der Waals surface area contributed by atoms with Crippen molar-refractivity contribution in [3.63, 3.8) is 0 Å². The van der Waals surface area contributed by atoms with Crippen molar-refractivity contribution in [3.05, 3.63) is 53.2 Å². The van der Waals surface area contributed by atoms with E-state index in [9.17, 15) is 0 Å². The van der Waals surface area contributed by atoms with Gasteiger partial charge in [-0.2, -0.15) is 10.5 Å². The van der Waals surface area contributed by atoms with E-state index in [0.29, 0.717) is 6.54 Å². The molecule has 0 N–H and O–H groups in total. The van der Waals surface area contributed by atoms with Gasteiger partial charge >= 0.3 is 0 Å². The highest BCUT2D eigenvalue weighted by Gasteiger charge is 2.12. The van der Waals surface area contributed by atoms with Crippen LogP contribution in [0.4, 0.5) is 0 Å². The molecule has 0 aliphatic heterocycles. The van der Waals surface area contributed by atoms with Crippen LogP contribution < -0.4 is 0 Å². The van der Waals surface area contributed by atoms with Gasteiger partial charge in [0.15, 0.2) is 11.4 Å². The molecule has 6 nitrogen and oxygen atoms in total. The molecule has 3 aromatic rings. The second-order valence-corrected chi connectivity index (χ2v) is 5.01. The van der Waals surface area contributed by atoms with Crippen LogP contribution in [0.5, 0.6) is 0 Å². The number of rotatable bonds is 3. The van der Waals surface area contributed by atoms with E-state index in [1.54, 1.807) is 10.8 Å². The Hall–Kier alpha value is -3.03. The van der Waals surface area contributed by atoms with Crippen LogP contribution in [0.15, 0.2) is 36.1 Å². The molecule has 0 fully saturated rings. The van der Waals surface area contributed by atoms with Gasteiger partial charge in [0, 0.05) is 11.6 Å². The zero-order valence-corrected chi connectivity index (χ0v) is 11.6. The molecular formula is C14H8N6S. The monoisotopic (exact) mass is 292 g/mol. The number of pyridine rings is 1. The Bertz CT molecular complexity index is 850. The first-order valence-corrected chi connectivity index (χ1v) is 6.91. The summed E-state index contributed by atoms with van der Waals surface area (Å²) in [6.45, 7) is 0.404. The van der Waals surface area contributed by atoms with E-state index >= 15 is 0 Å². The topological polar surface area (TPSA) is 91.2 Å². The number of nitriles is 2. The van der Waals surface area contributed by atoms with Crippen molar-refractivity contribution in [2.45, 2.75) is 6.54 Å². The molecule has 0 aliphatic rings. The van der Waals surface area contributed by atoms with Crippen LogP contribution in [0.2, 0.25) is 0 Å². The van der Waals surface area contributed by atoms with E-state index in [1.165, 1.54) is 17.7 Å². The van der Waals surface area contributed by atoms with Gasteiger partial charge in [-0.1, -0.05) is 6.07 Å². The molecule has 0 amide bonds. The van der Waals surface area contributed by atoms with E-state index in [-0.39, 0.29) is 11.4 Å². The third-order valence-corrected chi connectivity index (χ3v) is 3.73. The lowest BCUT2D eigenvalue weighted by molar-refractivity contribution is 0.768. The second kappa shape index (κ2) is 5.53. The fourth-order valence-electron chi connectivity index (χ4n) is 1.86. The van der Waals surface area contributed by atoms with Gasteiger partial charge in [0.1, 0.15) is 17.1 Å². The van der Waals surface area contributed by atoms with Crippen molar-refractivity contribution in [1.82, 2.24) is 19.5 Å². The molecule has 0 aliphatic carbocycles. The average Bonchev–Trinajstić information content (AvgIpc) is 3.15. The molecule has 0 radical (unpaired) electrons. The van der Waals surface area contributed by atoms with Gasteiger partial charge in [-0.05, 0) is 12.1 Å². The quantitative estimate of drug-likeness (QED) is 0.738. The van der Waals surface area contributed by atoms with Gasteiger partial charge in [0.25, 0.3) is 0 Å². The van der Waals surface area contributed by atoms with E-state index in [4.69, 9.17) is 10.5 Å². The maximum Gasteiger partial charge on any atom is 0.176 e. The molecule has 3 rings (SSSR count). The first-order valence-electron chi connectivity index (χ1n) is 6.03. The molecule has 21 heavy (non-hydrogen) atoms. The van der Waals surface area contributed by atoms with Crippen LogP contribution in [0.3, 0.4) is 0 Å². The summed E-state index contributed by atoms with van der Waals surface area (Å²) in [4.78, 5) is 12.7. The summed E-state index contributed by atoms with van der Waals surface area (Å²) in [5.41, 5.74) is 2.01. The minimum absolute atomic E-state index is 0.137. The first kappa shape index (κ1) is 13.0. The van der Waals surface area contributed by atoms with Crippen molar-refractivity contribution in [3.8, 4) is 22.8 Å². The molecule has 100 valence electrons. The highest BCUT2D eigenvalue weighted by molar-refractivity contribution is 7.13. The van der Waals surface area contributed by atoms with E-state index in [0.717, 1.165) is 16.4 Å². The van der Waals surface area contributed by atoms with Crippen LogP contribution in [-0.2, 0) is 6.54 Å². The lowest BCUT2D eigenvalue weighted by Crippen LogP contribution is -2.02. The van der Waals surface area contributed by atoms with Crippen LogP contribution in [0.25, 0.3) is 10.7 Å². The highest BCUT2D eigenvalue weighted by Crippen LogP contribution is 2.22. The number of aromatic nitrogens is 4. The lowest BCUT2D eigenvalue weighted by atomic mass is 10.3. The van der Waals surface area contributed by atoms with E-state index < -0.39 is 0 Å². The van der Waals surface area contributed by atoms with Crippen molar-refractivity contribution in [2.24, 2.45) is 0 Å². The van der Waals surface area contributed by atoms with Gasteiger partial charge in [-0.3, -0.25) is 4.98 Å². The number of imidazole rings is 1. The molecule has 0 atom stereocenters. The zero-order chi connectivity index (χ0) is 14.7. The Morgan fingerprint density at radius 3 is 2.81 bits per heavy atom. The molecule has 0 unspecified atom stereocenters. The third-order valence-electron chi connectivity index (χ3n) is 2.82. The number of thiazole rings is 1. The van der Waals surface area contributed by atoms with Gasteiger partial charge in [0.2, 0.25) is 0 Å². The van der Waals surface area contributed by atoms with Crippen molar-refractivity contribution in [2.75, 3.05) is 0 Å².